The van der Waals surface area contributed by atoms with Crippen LogP contribution in [0.5, 0.6) is 0 Å². The van der Waals surface area contributed by atoms with E-state index in [4.69, 9.17) is 0 Å². The number of piperidine rings is 1. The van der Waals surface area contributed by atoms with Gasteiger partial charge in [0.15, 0.2) is 14.9 Å². The molecule has 112 valence electrons. The van der Waals surface area contributed by atoms with Crippen LogP contribution in [0.4, 0.5) is 0 Å². The molecule has 0 N–H and O–H groups in total. The van der Waals surface area contributed by atoms with Crippen LogP contribution in [0.25, 0.3) is 0 Å². The van der Waals surface area contributed by atoms with Gasteiger partial charge in [0.1, 0.15) is 0 Å². The van der Waals surface area contributed by atoms with Gasteiger partial charge in [-0.1, -0.05) is 13.3 Å². The van der Waals surface area contributed by atoms with Gasteiger partial charge in [-0.2, -0.15) is 8.75 Å². The molecule has 2 bridgehead atoms. The Morgan fingerprint density at radius 2 is 2.20 bits per heavy atom. The second kappa shape index (κ2) is 5.69. The van der Waals surface area contributed by atoms with Crippen LogP contribution >= 0.6 is 11.7 Å². The van der Waals surface area contributed by atoms with Crippen molar-refractivity contribution in [3.05, 3.63) is 5.69 Å². The molecule has 0 aliphatic carbocycles. The summed E-state index contributed by atoms with van der Waals surface area (Å²) in [7, 11) is -3.26. The van der Waals surface area contributed by atoms with E-state index in [2.05, 4.69) is 13.6 Å². The minimum absolute atomic E-state index is 0.197. The van der Waals surface area contributed by atoms with Gasteiger partial charge in [-0.3, -0.25) is 0 Å². The summed E-state index contributed by atoms with van der Waals surface area (Å²) in [6.45, 7) is 5.19. The van der Waals surface area contributed by atoms with E-state index in [0.29, 0.717) is 12.3 Å². The molecular weight excluding hydrogens is 294 g/mol. The first-order valence-corrected chi connectivity index (χ1v) is 9.77. The van der Waals surface area contributed by atoms with Crippen LogP contribution in [0.3, 0.4) is 0 Å². The Morgan fingerprint density at radius 3 is 2.95 bits per heavy atom. The van der Waals surface area contributed by atoms with E-state index >= 15 is 0 Å². The molecule has 3 heterocycles. The highest BCUT2D eigenvalue weighted by Gasteiger charge is 2.40. The van der Waals surface area contributed by atoms with Crippen molar-refractivity contribution in [1.82, 2.24) is 13.6 Å². The number of hydrogen-bond acceptors (Lipinski definition) is 6. The Balaban J connectivity index is 1.87. The SMILES string of the molecule is CCCCS(=O)(=O)c1nsnc1[C@@H]1CN2CCC[C@@H]1C2. The third-order valence-corrected chi connectivity index (χ3v) is 6.83. The molecule has 2 aliphatic rings. The average molecular weight is 315 g/mol. The summed E-state index contributed by atoms with van der Waals surface area (Å²) in [6, 6.07) is 0. The summed E-state index contributed by atoms with van der Waals surface area (Å²) < 4.78 is 33.3. The topological polar surface area (TPSA) is 63.2 Å². The van der Waals surface area contributed by atoms with Gasteiger partial charge < -0.3 is 4.90 Å². The quantitative estimate of drug-likeness (QED) is 0.830. The van der Waals surface area contributed by atoms with Crippen molar-refractivity contribution in [1.29, 1.82) is 0 Å². The number of rotatable bonds is 5. The number of sulfone groups is 1. The molecule has 20 heavy (non-hydrogen) atoms. The molecule has 0 spiro atoms. The molecule has 1 aromatic rings. The minimum Gasteiger partial charge on any atom is -0.302 e. The molecule has 7 heteroatoms. The molecule has 0 radical (unpaired) electrons. The van der Waals surface area contributed by atoms with Crippen LogP contribution in [-0.4, -0.2) is 47.5 Å². The predicted octanol–water partition coefficient (Wildman–Crippen LogP) is 1.92. The molecule has 2 fully saturated rings. The highest BCUT2D eigenvalue weighted by molar-refractivity contribution is 7.91. The van der Waals surface area contributed by atoms with Crippen molar-refractivity contribution in [2.75, 3.05) is 25.4 Å². The van der Waals surface area contributed by atoms with Crippen molar-refractivity contribution in [2.45, 2.75) is 43.6 Å². The Morgan fingerprint density at radius 1 is 1.35 bits per heavy atom. The molecule has 0 aromatic carbocycles. The van der Waals surface area contributed by atoms with Crippen LogP contribution in [0.1, 0.15) is 44.2 Å². The number of nitrogens with zero attached hydrogens (tertiary/aromatic N) is 3. The van der Waals surface area contributed by atoms with Gasteiger partial charge in [-0.25, -0.2) is 8.42 Å². The van der Waals surface area contributed by atoms with Crippen molar-refractivity contribution in [3.8, 4) is 0 Å². The molecule has 1 aromatic heterocycles. The maximum atomic E-state index is 12.4. The number of fused-ring (bicyclic) bond motifs is 2. The minimum atomic E-state index is -3.26. The molecule has 0 saturated carbocycles. The summed E-state index contributed by atoms with van der Waals surface area (Å²) in [6.07, 6.45) is 3.98. The fraction of sp³-hybridized carbons (Fsp3) is 0.846. The second-order valence-electron chi connectivity index (χ2n) is 5.90. The summed E-state index contributed by atoms with van der Waals surface area (Å²) in [4.78, 5) is 2.43. The molecule has 2 aliphatic heterocycles. The van der Waals surface area contributed by atoms with Gasteiger partial charge in [0.2, 0.25) is 0 Å². The second-order valence-corrected chi connectivity index (χ2v) is 8.45. The number of unbranched alkanes of at least 4 members (excludes halogenated alkanes) is 1. The van der Waals surface area contributed by atoms with Gasteiger partial charge in [0.05, 0.1) is 23.2 Å². The zero-order valence-electron chi connectivity index (χ0n) is 11.8. The number of aromatic nitrogens is 2. The van der Waals surface area contributed by atoms with Crippen LogP contribution in [0, 0.1) is 5.92 Å². The lowest BCUT2D eigenvalue weighted by Crippen LogP contribution is -2.25. The molecule has 3 atom stereocenters. The Kier molecular flexibility index (Phi) is 4.10. The predicted molar refractivity (Wildman–Crippen MR) is 78.8 cm³/mol. The first kappa shape index (κ1) is 14.4. The third kappa shape index (κ3) is 2.63. The number of hydrogen-bond donors (Lipinski definition) is 0. The molecular formula is C13H21N3O2S2. The van der Waals surface area contributed by atoms with Crippen LogP contribution in [0.15, 0.2) is 5.03 Å². The van der Waals surface area contributed by atoms with Crippen molar-refractivity contribution in [3.63, 3.8) is 0 Å². The lowest BCUT2D eigenvalue weighted by atomic mass is 9.89. The van der Waals surface area contributed by atoms with Crippen molar-refractivity contribution >= 4 is 21.6 Å². The average Bonchev–Trinajstić information content (AvgIpc) is 3.02. The van der Waals surface area contributed by atoms with E-state index < -0.39 is 9.84 Å². The van der Waals surface area contributed by atoms with Crippen LogP contribution < -0.4 is 0 Å². The Hall–Kier alpha value is -0.530. The molecule has 5 nitrogen and oxygen atoms in total. The van der Waals surface area contributed by atoms with E-state index in [1.54, 1.807) is 0 Å². The first-order chi connectivity index (χ1) is 9.62. The van der Waals surface area contributed by atoms with Crippen LogP contribution in [-0.2, 0) is 9.84 Å². The van der Waals surface area contributed by atoms with E-state index in [9.17, 15) is 8.42 Å². The third-order valence-electron chi connectivity index (χ3n) is 4.46. The van der Waals surface area contributed by atoms with Gasteiger partial charge in [-0.15, -0.1) is 0 Å². The van der Waals surface area contributed by atoms with E-state index in [0.717, 1.165) is 43.5 Å². The standard InChI is InChI=1S/C13H21N3O2S2/c1-2-3-7-20(17,18)13-12(14-19-15-13)11-9-16-6-4-5-10(11)8-16/h10-11H,2-9H2,1H3/t10-,11-/m1/s1. The van der Waals surface area contributed by atoms with Crippen molar-refractivity contribution in [2.24, 2.45) is 5.92 Å². The maximum absolute atomic E-state index is 12.4. The van der Waals surface area contributed by atoms with Crippen molar-refractivity contribution < 1.29 is 8.42 Å². The van der Waals surface area contributed by atoms with Gasteiger partial charge in [-0.05, 0) is 31.7 Å². The summed E-state index contributed by atoms with van der Waals surface area (Å²) in [5.74, 6) is 1.03. The summed E-state index contributed by atoms with van der Waals surface area (Å²) in [5, 5.41) is 0.273. The fourth-order valence-corrected chi connectivity index (χ4v) is 5.89. The smallest absolute Gasteiger partial charge is 0.198 e. The maximum Gasteiger partial charge on any atom is 0.198 e. The highest BCUT2D eigenvalue weighted by atomic mass is 32.2. The fourth-order valence-electron chi connectivity index (χ4n) is 3.38. The Bertz CT molecular complexity index is 570. The molecule has 0 amide bonds. The van der Waals surface area contributed by atoms with Gasteiger partial charge in [0, 0.05) is 19.0 Å². The molecule has 2 saturated heterocycles. The van der Waals surface area contributed by atoms with E-state index in [1.807, 2.05) is 6.92 Å². The van der Waals surface area contributed by atoms with Crippen LogP contribution in [0.2, 0.25) is 0 Å². The Labute approximate surface area is 124 Å². The highest BCUT2D eigenvalue weighted by Crippen LogP contribution is 2.40. The molecule has 3 rings (SSSR count). The normalized spacial score (nSPS) is 29.8. The zero-order valence-corrected chi connectivity index (χ0v) is 13.4. The zero-order chi connectivity index (χ0) is 14.2. The van der Waals surface area contributed by atoms with Gasteiger partial charge >= 0.3 is 0 Å². The lowest BCUT2D eigenvalue weighted by molar-refractivity contribution is 0.269. The largest absolute Gasteiger partial charge is 0.302 e. The van der Waals surface area contributed by atoms with E-state index in [1.165, 1.54) is 12.8 Å². The summed E-state index contributed by atoms with van der Waals surface area (Å²) in [5.41, 5.74) is 0.750. The van der Waals surface area contributed by atoms with E-state index in [-0.39, 0.29) is 16.7 Å². The first-order valence-electron chi connectivity index (χ1n) is 7.39. The molecule has 1 unspecified atom stereocenters. The summed E-state index contributed by atoms with van der Waals surface area (Å²) >= 11 is 1.05. The monoisotopic (exact) mass is 315 g/mol. The lowest BCUT2D eigenvalue weighted by Gasteiger charge is -2.21. The van der Waals surface area contributed by atoms with Gasteiger partial charge in [0.25, 0.3) is 0 Å².